The molecule has 2 N–H and O–H groups in total. The van der Waals surface area contributed by atoms with Crippen LogP contribution in [-0.2, 0) is 4.74 Å². The zero-order valence-electron chi connectivity index (χ0n) is 9.89. The van der Waals surface area contributed by atoms with Gasteiger partial charge < -0.3 is 10.5 Å². The van der Waals surface area contributed by atoms with Gasteiger partial charge in [0.2, 0.25) is 0 Å². The topological polar surface area (TPSA) is 35.2 Å². The second-order valence-corrected chi connectivity index (χ2v) is 3.44. The molecule has 2 nitrogen and oxygen atoms in total. The molecule has 0 amide bonds. The number of allylic oxidation sites excluding steroid dienone is 3. The van der Waals surface area contributed by atoms with E-state index in [0.717, 1.165) is 31.4 Å². The molecule has 98 valence electrons. The number of ether oxygens (including phenoxy) is 1. The first-order valence-corrected chi connectivity index (χ1v) is 5.28. The molecule has 5 heteroatoms. The van der Waals surface area contributed by atoms with Crippen LogP contribution in [0.4, 0.5) is 13.2 Å². The largest absolute Gasteiger partial charge is 0.491 e. The van der Waals surface area contributed by atoms with Crippen molar-refractivity contribution in [2.24, 2.45) is 5.73 Å². The monoisotopic (exact) mass is 249 g/mol. The molecule has 1 aliphatic carbocycles. The van der Waals surface area contributed by atoms with E-state index in [1.54, 1.807) is 0 Å². The Morgan fingerprint density at radius 3 is 2.18 bits per heavy atom. The smallest absolute Gasteiger partial charge is 0.416 e. The first kappa shape index (κ1) is 15.8. The van der Waals surface area contributed by atoms with Crippen LogP contribution in [0.1, 0.15) is 19.3 Å². The van der Waals surface area contributed by atoms with Gasteiger partial charge in [-0.1, -0.05) is 19.2 Å². The summed E-state index contributed by atoms with van der Waals surface area (Å²) in [4.78, 5) is 0. The maximum absolute atomic E-state index is 12.3. The summed E-state index contributed by atoms with van der Waals surface area (Å²) in [6.45, 7) is 6.54. The molecule has 0 bridgehead atoms. The van der Waals surface area contributed by atoms with Gasteiger partial charge in [0.05, 0.1) is 11.7 Å². The minimum absolute atomic E-state index is 0.0352. The Morgan fingerprint density at radius 2 is 1.88 bits per heavy atom. The van der Waals surface area contributed by atoms with E-state index in [4.69, 9.17) is 4.74 Å². The van der Waals surface area contributed by atoms with Crippen molar-refractivity contribution in [2.75, 3.05) is 7.05 Å². The minimum Gasteiger partial charge on any atom is -0.491 e. The molecule has 0 aromatic rings. The summed E-state index contributed by atoms with van der Waals surface area (Å²) >= 11 is 0. The number of halogens is 3. The van der Waals surface area contributed by atoms with Crippen LogP contribution >= 0.6 is 0 Å². The highest BCUT2D eigenvalue weighted by Gasteiger charge is 2.31. The molecule has 17 heavy (non-hydrogen) atoms. The van der Waals surface area contributed by atoms with E-state index in [1.807, 2.05) is 0 Å². The van der Waals surface area contributed by atoms with Gasteiger partial charge in [-0.15, -0.1) is 0 Å². The van der Waals surface area contributed by atoms with E-state index in [2.05, 4.69) is 18.9 Å². The fraction of sp³-hybridized carbons (Fsp3) is 0.500. The van der Waals surface area contributed by atoms with Crippen LogP contribution in [0.5, 0.6) is 0 Å². The van der Waals surface area contributed by atoms with Crippen LogP contribution in [0.15, 0.2) is 36.6 Å². The number of nitrogens with two attached hydrogens (primary N) is 1. The van der Waals surface area contributed by atoms with E-state index in [1.165, 1.54) is 7.05 Å². The maximum Gasteiger partial charge on any atom is 0.416 e. The zero-order valence-corrected chi connectivity index (χ0v) is 9.89. The Morgan fingerprint density at radius 1 is 1.35 bits per heavy atom. The second kappa shape index (κ2) is 7.17. The lowest BCUT2D eigenvalue weighted by molar-refractivity contribution is -0.0886. The van der Waals surface area contributed by atoms with Crippen LogP contribution in [0.3, 0.4) is 0 Å². The number of hydrogen-bond donors (Lipinski definition) is 1. The van der Waals surface area contributed by atoms with Gasteiger partial charge in [-0.05, 0) is 32.4 Å². The third-order valence-corrected chi connectivity index (χ3v) is 2.23. The van der Waals surface area contributed by atoms with Gasteiger partial charge in [0, 0.05) is 0 Å². The van der Waals surface area contributed by atoms with Crippen molar-refractivity contribution in [3.05, 3.63) is 36.6 Å². The SMILES string of the molecule is C=C/C(=C\C(=C)OC1CCC1)C(F)(F)F.CN. The van der Waals surface area contributed by atoms with Crippen molar-refractivity contribution in [2.45, 2.75) is 31.5 Å². The number of alkyl halides is 3. The minimum atomic E-state index is -4.40. The fourth-order valence-electron chi connectivity index (χ4n) is 1.17. The normalized spacial score (nSPS) is 16.4. The lowest BCUT2D eigenvalue weighted by Gasteiger charge is -2.26. The van der Waals surface area contributed by atoms with Gasteiger partial charge in [-0.25, -0.2) is 0 Å². The fourth-order valence-corrected chi connectivity index (χ4v) is 1.17. The van der Waals surface area contributed by atoms with E-state index < -0.39 is 11.7 Å². The maximum atomic E-state index is 12.3. The number of rotatable bonds is 4. The standard InChI is InChI=1S/C11H13F3O.CH5N/c1-3-9(11(12,13)14)7-8(2)15-10-5-4-6-10;1-2/h3,7,10H,1-2,4-6H2;2H2,1H3/b9-7+;. The van der Waals surface area contributed by atoms with Crippen molar-refractivity contribution in [3.8, 4) is 0 Å². The Kier molecular flexibility index (Phi) is 6.65. The van der Waals surface area contributed by atoms with Crippen LogP contribution < -0.4 is 5.73 Å². The molecule has 0 atom stereocenters. The molecule has 1 fully saturated rings. The van der Waals surface area contributed by atoms with Gasteiger partial charge in [0.25, 0.3) is 0 Å². The van der Waals surface area contributed by atoms with E-state index >= 15 is 0 Å². The van der Waals surface area contributed by atoms with Crippen LogP contribution in [0.2, 0.25) is 0 Å². The lowest BCUT2D eigenvalue weighted by Crippen LogP contribution is -2.21. The highest BCUT2D eigenvalue weighted by Crippen LogP contribution is 2.29. The summed E-state index contributed by atoms with van der Waals surface area (Å²) < 4.78 is 42.0. The lowest BCUT2D eigenvalue weighted by atomic mass is 9.96. The molecule has 0 aliphatic heterocycles. The first-order valence-electron chi connectivity index (χ1n) is 5.28. The molecular weight excluding hydrogens is 231 g/mol. The molecule has 0 saturated heterocycles. The summed E-state index contributed by atoms with van der Waals surface area (Å²) in [6, 6.07) is 0. The van der Waals surface area contributed by atoms with Gasteiger partial charge in [0.15, 0.2) is 0 Å². The van der Waals surface area contributed by atoms with Crippen molar-refractivity contribution in [3.63, 3.8) is 0 Å². The van der Waals surface area contributed by atoms with Gasteiger partial charge in [-0.3, -0.25) is 0 Å². The highest BCUT2D eigenvalue weighted by molar-refractivity contribution is 5.28. The number of hydrogen-bond acceptors (Lipinski definition) is 2. The van der Waals surface area contributed by atoms with E-state index in [0.29, 0.717) is 0 Å². The van der Waals surface area contributed by atoms with E-state index in [9.17, 15) is 13.2 Å². The summed E-state index contributed by atoms with van der Waals surface area (Å²) in [5.74, 6) is 0.0481. The highest BCUT2D eigenvalue weighted by atomic mass is 19.4. The van der Waals surface area contributed by atoms with Crippen molar-refractivity contribution in [1.82, 2.24) is 0 Å². The van der Waals surface area contributed by atoms with Crippen LogP contribution in [-0.4, -0.2) is 19.3 Å². The van der Waals surface area contributed by atoms with Crippen LogP contribution in [0, 0.1) is 0 Å². The summed E-state index contributed by atoms with van der Waals surface area (Å²) in [5.41, 5.74) is 3.67. The molecular formula is C12H18F3NO. The predicted molar refractivity (Wildman–Crippen MR) is 62.3 cm³/mol. The summed E-state index contributed by atoms with van der Waals surface area (Å²) in [6.07, 6.45) is 0.127. The molecule has 0 aromatic carbocycles. The van der Waals surface area contributed by atoms with Gasteiger partial charge in [0.1, 0.15) is 5.76 Å². The molecule has 0 heterocycles. The average Bonchev–Trinajstić information content (AvgIpc) is 2.21. The zero-order chi connectivity index (χ0) is 13.5. The molecule has 0 aromatic heterocycles. The van der Waals surface area contributed by atoms with Gasteiger partial charge in [-0.2, -0.15) is 13.2 Å². The molecule has 1 rings (SSSR count). The Balaban J connectivity index is 0.00000121. The Labute approximate surface area is 99.6 Å². The van der Waals surface area contributed by atoms with Crippen molar-refractivity contribution >= 4 is 0 Å². The summed E-state index contributed by atoms with van der Waals surface area (Å²) in [7, 11) is 1.50. The van der Waals surface area contributed by atoms with Crippen LogP contribution in [0.25, 0.3) is 0 Å². The van der Waals surface area contributed by atoms with E-state index in [-0.39, 0.29) is 11.9 Å². The summed E-state index contributed by atoms with van der Waals surface area (Å²) in [5, 5.41) is 0. The van der Waals surface area contributed by atoms with Crippen molar-refractivity contribution < 1.29 is 17.9 Å². The molecule has 0 unspecified atom stereocenters. The third kappa shape index (κ3) is 5.58. The first-order chi connectivity index (χ1) is 7.93. The Bertz CT molecular complexity index is 291. The second-order valence-electron chi connectivity index (χ2n) is 3.44. The Hall–Kier alpha value is -1.23. The molecule has 0 radical (unpaired) electrons. The molecule has 1 aliphatic rings. The third-order valence-electron chi connectivity index (χ3n) is 2.23. The predicted octanol–water partition coefficient (Wildman–Crippen LogP) is 3.32. The van der Waals surface area contributed by atoms with Gasteiger partial charge >= 0.3 is 6.18 Å². The van der Waals surface area contributed by atoms with Crippen molar-refractivity contribution in [1.29, 1.82) is 0 Å². The molecule has 0 spiro atoms. The average molecular weight is 249 g/mol. The molecule has 1 saturated carbocycles. The quantitative estimate of drug-likeness (QED) is 0.612.